The highest BCUT2D eigenvalue weighted by atomic mass is 16.3. The summed E-state index contributed by atoms with van der Waals surface area (Å²) in [4.78, 5) is 10.1. The summed E-state index contributed by atoms with van der Waals surface area (Å²) in [5.74, 6) is 0.939. The zero-order chi connectivity index (χ0) is 35.5. The maximum Gasteiger partial charge on any atom is 0.157 e. The molecule has 0 amide bonds. The third-order valence-electron chi connectivity index (χ3n) is 10.8. The van der Waals surface area contributed by atoms with Crippen LogP contribution in [0.15, 0.2) is 164 Å². The van der Waals surface area contributed by atoms with Crippen LogP contribution in [0.5, 0.6) is 0 Å². The zero-order valence-corrected chi connectivity index (χ0v) is 29.2. The monoisotopic (exact) mass is 685 g/mol. The molecule has 0 bridgehead atoms. The van der Waals surface area contributed by atoms with Crippen molar-refractivity contribution in [2.24, 2.45) is 15.7 Å². The van der Waals surface area contributed by atoms with Crippen molar-refractivity contribution < 1.29 is 8.83 Å². The van der Waals surface area contributed by atoms with E-state index < -0.39 is 0 Å². The molecule has 53 heavy (non-hydrogen) atoms. The Morgan fingerprint density at radius 3 is 2.25 bits per heavy atom. The second-order valence-electron chi connectivity index (χ2n) is 14.1. The van der Waals surface area contributed by atoms with E-state index in [0.29, 0.717) is 18.2 Å². The Morgan fingerprint density at radius 2 is 1.38 bits per heavy atom. The highest BCUT2D eigenvalue weighted by Gasteiger charge is 2.26. The lowest BCUT2D eigenvalue weighted by molar-refractivity contribution is 0.651. The summed E-state index contributed by atoms with van der Waals surface area (Å²) in [6, 6.07) is 49.9. The van der Waals surface area contributed by atoms with E-state index in [1.165, 1.54) is 26.8 Å². The molecule has 0 radical (unpaired) electrons. The van der Waals surface area contributed by atoms with Crippen molar-refractivity contribution in [2.75, 3.05) is 0 Å². The van der Waals surface area contributed by atoms with E-state index >= 15 is 0 Å². The van der Waals surface area contributed by atoms with E-state index in [-0.39, 0.29) is 5.41 Å². The molecule has 2 N–H and O–H groups in total. The minimum atomic E-state index is -0.183. The van der Waals surface area contributed by atoms with Gasteiger partial charge in [-0.15, -0.1) is 0 Å². The molecule has 1 unspecified atom stereocenters. The summed E-state index contributed by atoms with van der Waals surface area (Å²) in [7, 11) is 0. The first-order valence-corrected chi connectivity index (χ1v) is 18.0. The van der Waals surface area contributed by atoms with Crippen LogP contribution in [-0.2, 0) is 12.0 Å². The number of hydrogen-bond acceptors (Lipinski definition) is 3. The number of nitrogens with two attached hydrogens (primary N) is 1. The molecular weight excluding hydrogens is 651 g/mol. The number of para-hydroxylation sites is 1. The Morgan fingerprint density at radius 1 is 0.660 bits per heavy atom. The number of furan rings is 2. The molecular formula is C48H35N3O2. The first kappa shape index (κ1) is 31.1. The molecule has 5 nitrogen and oxygen atoms in total. The second kappa shape index (κ2) is 12.2. The minimum Gasteiger partial charge on any atom is -0.456 e. The SMILES string of the molecule is CC1(c2ccc3oc4cccc(CN=C(N=C(N)c5cccc6oc7ccccc7c56)c5ccccc5)c4c3c2)C=c2c(ccc3ccccc23)=CC1. The minimum absolute atomic E-state index is 0.183. The third-order valence-corrected chi connectivity index (χ3v) is 10.8. The number of nitrogens with zero attached hydrogens (tertiary/aromatic N) is 2. The van der Waals surface area contributed by atoms with Gasteiger partial charge in [0.05, 0.1) is 6.54 Å². The first-order chi connectivity index (χ1) is 26.0. The van der Waals surface area contributed by atoms with Crippen LogP contribution >= 0.6 is 0 Å². The van der Waals surface area contributed by atoms with Crippen LogP contribution in [0.3, 0.4) is 0 Å². The molecule has 0 aliphatic heterocycles. The maximum absolute atomic E-state index is 6.83. The number of fused-ring (bicyclic) bond motifs is 9. The molecule has 1 aliphatic rings. The van der Waals surface area contributed by atoms with Crippen molar-refractivity contribution in [2.45, 2.75) is 25.3 Å². The normalized spacial score (nSPS) is 16.3. The maximum atomic E-state index is 6.83. The fourth-order valence-corrected chi connectivity index (χ4v) is 8.04. The van der Waals surface area contributed by atoms with Crippen molar-refractivity contribution in [3.63, 3.8) is 0 Å². The van der Waals surface area contributed by atoms with Gasteiger partial charge in [0.25, 0.3) is 0 Å². The molecule has 7 aromatic carbocycles. The van der Waals surface area contributed by atoms with E-state index in [9.17, 15) is 0 Å². The molecule has 0 spiro atoms. The molecule has 1 aliphatic carbocycles. The van der Waals surface area contributed by atoms with E-state index in [2.05, 4.69) is 85.8 Å². The summed E-state index contributed by atoms with van der Waals surface area (Å²) in [5, 5.41) is 9.25. The van der Waals surface area contributed by atoms with Crippen molar-refractivity contribution in [1.29, 1.82) is 0 Å². The van der Waals surface area contributed by atoms with Crippen molar-refractivity contribution >= 4 is 78.5 Å². The number of aliphatic imine (C=N–C) groups is 2. The number of rotatable bonds is 5. The Bertz CT molecular complexity index is 3090. The van der Waals surface area contributed by atoms with Gasteiger partial charge in [0.15, 0.2) is 5.84 Å². The topological polar surface area (TPSA) is 77.0 Å². The molecule has 2 aromatic heterocycles. The molecule has 0 saturated heterocycles. The molecule has 9 aromatic rings. The quantitative estimate of drug-likeness (QED) is 0.145. The van der Waals surface area contributed by atoms with E-state index in [1.807, 2.05) is 78.9 Å². The van der Waals surface area contributed by atoms with Gasteiger partial charge in [-0.1, -0.05) is 134 Å². The molecule has 2 heterocycles. The standard InChI is InChI=1S/C48H35N3O2/c1-48(26-25-31-22-21-30-11-5-6-15-35(30)39(31)28-48)34-23-24-41-38(27-34)44-33(14-9-19-42(44)53-41)29-50-47(32-12-3-2-4-13-32)51-46(49)37-17-10-20-43-45(37)36-16-7-8-18-40(36)52-43/h2-25,27-28H,26,29H2,1H3,(H2,49,50,51). The molecule has 0 saturated carbocycles. The van der Waals surface area contributed by atoms with Crippen LogP contribution in [0, 0.1) is 0 Å². The largest absolute Gasteiger partial charge is 0.456 e. The second-order valence-corrected chi connectivity index (χ2v) is 14.1. The fraction of sp³-hybridized carbons (Fsp3) is 0.0833. The summed E-state index contributed by atoms with van der Waals surface area (Å²) >= 11 is 0. The van der Waals surface area contributed by atoms with Gasteiger partial charge in [0.1, 0.15) is 28.2 Å². The summed E-state index contributed by atoms with van der Waals surface area (Å²) in [6.07, 6.45) is 5.76. The van der Waals surface area contributed by atoms with Gasteiger partial charge in [-0.05, 0) is 69.1 Å². The highest BCUT2D eigenvalue weighted by Crippen LogP contribution is 2.38. The van der Waals surface area contributed by atoms with Crippen LogP contribution in [-0.4, -0.2) is 11.7 Å². The molecule has 0 fully saturated rings. The molecule has 5 heteroatoms. The fourth-order valence-electron chi connectivity index (χ4n) is 8.04. The number of benzene rings is 7. The Balaban J connectivity index is 1.08. The van der Waals surface area contributed by atoms with E-state index in [4.69, 9.17) is 24.6 Å². The Labute approximate surface area is 305 Å². The molecule has 254 valence electrons. The smallest absolute Gasteiger partial charge is 0.157 e. The van der Waals surface area contributed by atoms with Gasteiger partial charge < -0.3 is 14.6 Å². The van der Waals surface area contributed by atoms with Gasteiger partial charge in [0.2, 0.25) is 0 Å². The van der Waals surface area contributed by atoms with Gasteiger partial charge in [-0.25, -0.2) is 4.99 Å². The lowest BCUT2D eigenvalue weighted by atomic mass is 9.75. The van der Waals surface area contributed by atoms with Gasteiger partial charge in [0, 0.05) is 38.1 Å². The number of amidine groups is 2. The third kappa shape index (κ3) is 5.24. The van der Waals surface area contributed by atoms with Crippen molar-refractivity contribution in [3.8, 4) is 0 Å². The zero-order valence-electron chi connectivity index (χ0n) is 29.2. The van der Waals surface area contributed by atoms with Crippen LogP contribution in [0.2, 0.25) is 0 Å². The van der Waals surface area contributed by atoms with E-state index in [0.717, 1.165) is 67.0 Å². The summed E-state index contributed by atoms with van der Waals surface area (Å²) in [5.41, 5.74) is 14.0. The lowest BCUT2D eigenvalue weighted by Gasteiger charge is -2.28. The molecule has 1 atom stereocenters. The van der Waals surface area contributed by atoms with Crippen LogP contribution in [0.1, 0.15) is 35.6 Å². The van der Waals surface area contributed by atoms with Crippen LogP contribution in [0.25, 0.3) is 66.8 Å². The van der Waals surface area contributed by atoms with Crippen LogP contribution < -0.4 is 16.2 Å². The Kier molecular flexibility index (Phi) is 7.15. The molecule has 10 rings (SSSR count). The van der Waals surface area contributed by atoms with Crippen molar-refractivity contribution in [1.82, 2.24) is 0 Å². The summed E-state index contributed by atoms with van der Waals surface area (Å²) in [6.45, 7) is 2.73. The summed E-state index contributed by atoms with van der Waals surface area (Å²) < 4.78 is 12.6. The van der Waals surface area contributed by atoms with Crippen LogP contribution in [0.4, 0.5) is 0 Å². The Hall–Kier alpha value is -6.72. The van der Waals surface area contributed by atoms with Gasteiger partial charge >= 0.3 is 0 Å². The predicted octanol–water partition coefficient (Wildman–Crippen LogP) is 9.91. The number of hydrogen-bond donors (Lipinski definition) is 1. The average Bonchev–Trinajstić information content (AvgIpc) is 3.78. The lowest BCUT2D eigenvalue weighted by Crippen LogP contribution is -2.35. The first-order valence-electron chi connectivity index (χ1n) is 18.0. The highest BCUT2D eigenvalue weighted by molar-refractivity contribution is 6.20. The predicted molar refractivity (Wildman–Crippen MR) is 219 cm³/mol. The van der Waals surface area contributed by atoms with Gasteiger partial charge in [-0.3, -0.25) is 4.99 Å². The average molecular weight is 686 g/mol. The van der Waals surface area contributed by atoms with E-state index in [1.54, 1.807) is 0 Å². The van der Waals surface area contributed by atoms with Gasteiger partial charge in [-0.2, -0.15) is 0 Å². The van der Waals surface area contributed by atoms with Crippen molar-refractivity contribution in [3.05, 3.63) is 178 Å².